The molecule has 1 amide bonds. The summed E-state index contributed by atoms with van der Waals surface area (Å²) in [6.07, 6.45) is 3.17. The fourth-order valence-corrected chi connectivity index (χ4v) is 6.61. The summed E-state index contributed by atoms with van der Waals surface area (Å²) in [5.41, 5.74) is 1.41. The molecular formula is C22H29N3O5S. The largest absolute Gasteiger partial charge is 0.497 e. The lowest BCUT2D eigenvalue weighted by Gasteiger charge is -2.35. The first-order valence-electron chi connectivity index (χ1n) is 10.7. The van der Waals surface area contributed by atoms with E-state index < -0.39 is 10.0 Å². The first-order chi connectivity index (χ1) is 14.8. The minimum absolute atomic E-state index is 0.00264. The van der Waals surface area contributed by atoms with Crippen LogP contribution in [-0.4, -0.2) is 55.4 Å². The Bertz CT molecular complexity index is 1050. The summed E-state index contributed by atoms with van der Waals surface area (Å²) in [4.78, 5) is 15.5. The van der Waals surface area contributed by atoms with Gasteiger partial charge in [0.2, 0.25) is 15.9 Å². The van der Waals surface area contributed by atoms with Crippen molar-refractivity contribution in [2.24, 2.45) is 5.92 Å². The number of benzene rings is 1. The van der Waals surface area contributed by atoms with Crippen LogP contribution in [0.25, 0.3) is 0 Å². The van der Waals surface area contributed by atoms with E-state index in [1.54, 1.807) is 21.0 Å². The summed E-state index contributed by atoms with van der Waals surface area (Å²) in [7, 11) is -2.12. The minimum Gasteiger partial charge on any atom is -0.497 e. The highest BCUT2D eigenvalue weighted by Crippen LogP contribution is 2.36. The maximum atomic E-state index is 13.5. The van der Waals surface area contributed by atoms with Gasteiger partial charge in [0.25, 0.3) is 0 Å². The maximum absolute atomic E-state index is 13.5. The van der Waals surface area contributed by atoms with E-state index in [1.807, 2.05) is 29.2 Å². The van der Waals surface area contributed by atoms with Crippen LogP contribution in [0.1, 0.15) is 48.7 Å². The molecule has 2 unspecified atom stereocenters. The monoisotopic (exact) mass is 447 g/mol. The van der Waals surface area contributed by atoms with Gasteiger partial charge >= 0.3 is 0 Å². The van der Waals surface area contributed by atoms with Crippen molar-refractivity contribution < 1.29 is 22.5 Å². The van der Waals surface area contributed by atoms with Gasteiger partial charge < -0.3 is 14.2 Å². The van der Waals surface area contributed by atoms with Crippen LogP contribution in [0.3, 0.4) is 0 Å². The van der Waals surface area contributed by atoms with Crippen LogP contribution in [0.5, 0.6) is 5.75 Å². The number of nitrogens with zero attached hydrogens (tertiary/aromatic N) is 3. The number of hydrogen-bond acceptors (Lipinski definition) is 6. The summed E-state index contributed by atoms with van der Waals surface area (Å²) in [6.45, 7) is 4.50. The zero-order valence-electron chi connectivity index (χ0n) is 18.2. The molecular weight excluding hydrogens is 418 g/mol. The van der Waals surface area contributed by atoms with Crippen LogP contribution in [0.4, 0.5) is 0 Å². The van der Waals surface area contributed by atoms with Gasteiger partial charge in [-0.2, -0.15) is 4.31 Å². The Morgan fingerprint density at radius 2 is 1.97 bits per heavy atom. The summed E-state index contributed by atoms with van der Waals surface area (Å²) >= 11 is 0. The SMILES string of the molecule is COc1cccc(C2CCCN2C(=O)C2CCCN(S(=O)(=O)c3c(C)noc3C)C2)c1. The molecule has 1 aromatic heterocycles. The van der Waals surface area contributed by atoms with E-state index in [9.17, 15) is 13.2 Å². The second-order valence-electron chi connectivity index (χ2n) is 8.32. The Morgan fingerprint density at radius 3 is 2.68 bits per heavy atom. The Hall–Kier alpha value is -2.39. The molecule has 1 aromatic carbocycles. The number of methoxy groups -OCH3 is 1. The maximum Gasteiger partial charge on any atom is 0.248 e. The van der Waals surface area contributed by atoms with Crippen molar-refractivity contribution in [1.82, 2.24) is 14.4 Å². The zero-order chi connectivity index (χ0) is 22.2. The number of amides is 1. The van der Waals surface area contributed by atoms with Crippen molar-refractivity contribution in [1.29, 1.82) is 0 Å². The Kier molecular flexibility index (Phi) is 6.07. The molecule has 0 saturated carbocycles. The highest BCUT2D eigenvalue weighted by atomic mass is 32.2. The summed E-state index contributed by atoms with van der Waals surface area (Å²) in [5.74, 6) is 0.731. The normalized spacial score (nSPS) is 22.6. The topological polar surface area (TPSA) is 93.0 Å². The van der Waals surface area contributed by atoms with Gasteiger partial charge in [0.15, 0.2) is 5.76 Å². The number of sulfonamides is 1. The molecule has 3 heterocycles. The molecule has 168 valence electrons. The van der Waals surface area contributed by atoms with E-state index in [-0.39, 0.29) is 35.1 Å². The van der Waals surface area contributed by atoms with E-state index in [1.165, 1.54) is 4.31 Å². The molecule has 0 aliphatic carbocycles. The molecule has 0 N–H and O–H groups in total. The van der Waals surface area contributed by atoms with Crippen molar-refractivity contribution in [3.05, 3.63) is 41.3 Å². The fourth-order valence-electron chi connectivity index (χ4n) is 4.79. The van der Waals surface area contributed by atoms with Crippen LogP contribution < -0.4 is 4.74 Å². The van der Waals surface area contributed by atoms with E-state index in [4.69, 9.17) is 9.26 Å². The van der Waals surface area contributed by atoms with Gasteiger partial charge in [0.05, 0.1) is 19.1 Å². The highest BCUT2D eigenvalue weighted by molar-refractivity contribution is 7.89. The second kappa shape index (κ2) is 8.63. The minimum atomic E-state index is -3.75. The van der Waals surface area contributed by atoms with Crippen molar-refractivity contribution in [3.63, 3.8) is 0 Å². The molecule has 0 bridgehead atoms. The second-order valence-corrected chi connectivity index (χ2v) is 10.2. The van der Waals surface area contributed by atoms with Gasteiger partial charge in [-0.05, 0) is 57.2 Å². The molecule has 2 atom stereocenters. The molecule has 31 heavy (non-hydrogen) atoms. The Morgan fingerprint density at radius 1 is 1.19 bits per heavy atom. The molecule has 0 spiro atoms. The molecule has 4 rings (SSSR count). The Labute approximate surface area is 183 Å². The van der Waals surface area contributed by atoms with Crippen molar-refractivity contribution in [3.8, 4) is 5.75 Å². The first kappa shape index (κ1) is 21.8. The average Bonchev–Trinajstić information content (AvgIpc) is 3.40. The van der Waals surface area contributed by atoms with Crippen LogP contribution in [0.2, 0.25) is 0 Å². The van der Waals surface area contributed by atoms with E-state index in [0.717, 1.165) is 24.2 Å². The van der Waals surface area contributed by atoms with Crippen LogP contribution in [-0.2, 0) is 14.8 Å². The molecule has 8 nitrogen and oxygen atoms in total. The average molecular weight is 448 g/mol. The molecule has 2 fully saturated rings. The molecule has 9 heteroatoms. The Balaban J connectivity index is 1.53. The van der Waals surface area contributed by atoms with Crippen molar-refractivity contribution in [2.45, 2.75) is 50.5 Å². The first-order valence-corrected chi connectivity index (χ1v) is 12.1. The number of carbonyl (C=O) groups is 1. The predicted molar refractivity (Wildman–Crippen MR) is 114 cm³/mol. The standard InChI is InChI=1S/C22H29N3O5S/c1-15-21(16(2)30-23-15)31(27,28)24-11-5-8-18(14-24)22(26)25-12-6-10-20(25)17-7-4-9-19(13-17)29-3/h4,7,9,13,18,20H,5-6,8,10-12,14H2,1-3H3. The molecule has 0 radical (unpaired) electrons. The zero-order valence-corrected chi connectivity index (χ0v) is 19.0. The lowest BCUT2D eigenvalue weighted by Crippen LogP contribution is -2.46. The van der Waals surface area contributed by atoms with E-state index in [0.29, 0.717) is 31.6 Å². The van der Waals surface area contributed by atoms with Gasteiger partial charge in [-0.3, -0.25) is 4.79 Å². The molecule has 2 aromatic rings. The van der Waals surface area contributed by atoms with Crippen molar-refractivity contribution in [2.75, 3.05) is 26.7 Å². The number of likely N-dealkylation sites (tertiary alicyclic amines) is 1. The van der Waals surface area contributed by atoms with E-state index >= 15 is 0 Å². The molecule has 2 aliphatic rings. The fraction of sp³-hybridized carbons (Fsp3) is 0.545. The van der Waals surface area contributed by atoms with Crippen LogP contribution in [0.15, 0.2) is 33.7 Å². The number of piperidine rings is 1. The smallest absolute Gasteiger partial charge is 0.248 e. The third kappa shape index (κ3) is 4.08. The van der Waals surface area contributed by atoms with Gasteiger partial charge in [0, 0.05) is 19.6 Å². The summed E-state index contributed by atoms with van der Waals surface area (Å²) in [5, 5.41) is 3.79. The van der Waals surface area contributed by atoms with Gasteiger partial charge in [0.1, 0.15) is 16.3 Å². The predicted octanol–water partition coefficient (Wildman–Crippen LogP) is 3.06. The lowest BCUT2D eigenvalue weighted by atomic mass is 9.96. The number of carbonyl (C=O) groups excluding carboxylic acids is 1. The summed E-state index contributed by atoms with van der Waals surface area (Å²) in [6, 6.07) is 7.83. The van der Waals surface area contributed by atoms with Crippen LogP contribution in [0, 0.1) is 19.8 Å². The highest BCUT2D eigenvalue weighted by Gasteiger charge is 2.40. The number of ether oxygens (including phenoxy) is 1. The number of hydrogen-bond donors (Lipinski definition) is 0. The van der Waals surface area contributed by atoms with E-state index in [2.05, 4.69) is 5.16 Å². The van der Waals surface area contributed by atoms with Gasteiger partial charge in [-0.25, -0.2) is 8.42 Å². The quantitative estimate of drug-likeness (QED) is 0.699. The summed E-state index contributed by atoms with van der Waals surface area (Å²) < 4.78 is 38.3. The van der Waals surface area contributed by atoms with Crippen molar-refractivity contribution >= 4 is 15.9 Å². The number of aromatic nitrogens is 1. The molecule has 2 aliphatic heterocycles. The number of aryl methyl sites for hydroxylation is 2. The number of rotatable bonds is 5. The van der Waals surface area contributed by atoms with Crippen LogP contribution >= 0.6 is 0 Å². The molecule has 2 saturated heterocycles. The third-order valence-electron chi connectivity index (χ3n) is 6.31. The van der Waals surface area contributed by atoms with Gasteiger partial charge in [-0.15, -0.1) is 0 Å². The lowest BCUT2D eigenvalue weighted by molar-refractivity contribution is -0.137. The third-order valence-corrected chi connectivity index (χ3v) is 8.42. The van der Waals surface area contributed by atoms with Gasteiger partial charge in [-0.1, -0.05) is 17.3 Å².